The Labute approximate surface area is 125 Å². The smallest absolute Gasteiger partial charge is 0.234 e. The number of carbonyl (C=O) groups excluding carboxylic acids is 2. The van der Waals surface area contributed by atoms with Crippen LogP contribution in [0.4, 0.5) is 0 Å². The number of carbonyl (C=O) groups is 2. The zero-order valence-electron chi connectivity index (χ0n) is 11.4. The van der Waals surface area contributed by atoms with E-state index in [0.29, 0.717) is 12.8 Å². The van der Waals surface area contributed by atoms with Crippen LogP contribution in [0.25, 0.3) is 0 Å². The van der Waals surface area contributed by atoms with Gasteiger partial charge in [0.25, 0.3) is 0 Å². The number of rotatable bonds is 5. The lowest BCUT2D eigenvalue weighted by molar-refractivity contribution is -0.134. The molecule has 20 heavy (non-hydrogen) atoms. The second-order valence-electron chi connectivity index (χ2n) is 4.99. The Balaban J connectivity index is 0.00000200. The first-order valence-electron chi connectivity index (χ1n) is 6.83. The van der Waals surface area contributed by atoms with Crippen LogP contribution in [0.5, 0.6) is 0 Å². The van der Waals surface area contributed by atoms with Crippen LogP contribution in [0.15, 0.2) is 24.3 Å². The summed E-state index contributed by atoms with van der Waals surface area (Å²) in [7, 11) is 0. The largest absolute Gasteiger partial charge is 0.330 e. The molecule has 5 heteroatoms. The van der Waals surface area contributed by atoms with Gasteiger partial charge in [0.2, 0.25) is 11.8 Å². The van der Waals surface area contributed by atoms with Gasteiger partial charge in [0.1, 0.15) is 0 Å². The van der Waals surface area contributed by atoms with Crippen molar-refractivity contribution >= 4 is 24.2 Å². The maximum absolute atomic E-state index is 11.8. The van der Waals surface area contributed by atoms with Gasteiger partial charge in [-0.15, -0.1) is 12.4 Å². The third-order valence-corrected chi connectivity index (χ3v) is 3.54. The van der Waals surface area contributed by atoms with Gasteiger partial charge in [-0.05, 0) is 43.4 Å². The minimum Gasteiger partial charge on any atom is -0.330 e. The molecule has 1 aliphatic rings. The van der Waals surface area contributed by atoms with E-state index in [1.807, 2.05) is 12.1 Å². The maximum Gasteiger partial charge on any atom is 0.234 e. The summed E-state index contributed by atoms with van der Waals surface area (Å²) in [5.74, 6) is -0.525. The Kier molecular flexibility index (Phi) is 6.68. The van der Waals surface area contributed by atoms with Gasteiger partial charge >= 0.3 is 0 Å². The molecule has 1 heterocycles. The Morgan fingerprint density at radius 2 is 1.85 bits per heavy atom. The van der Waals surface area contributed by atoms with E-state index in [9.17, 15) is 9.59 Å². The van der Waals surface area contributed by atoms with Gasteiger partial charge in [-0.2, -0.15) is 0 Å². The number of nitrogens with one attached hydrogen (secondary N) is 1. The van der Waals surface area contributed by atoms with E-state index in [-0.39, 0.29) is 30.1 Å². The van der Waals surface area contributed by atoms with Crippen molar-refractivity contribution in [2.24, 2.45) is 5.73 Å². The number of piperidine rings is 1. The Morgan fingerprint density at radius 3 is 2.45 bits per heavy atom. The minimum absolute atomic E-state index is 0. The molecule has 1 aromatic carbocycles. The third kappa shape index (κ3) is 4.32. The highest BCUT2D eigenvalue weighted by atomic mass is 35.5. The molecule has 110 valence electrons. The molecule has 1 unspecified atom stereocenters. The second kappa shape index (κ2) is 8.02. The van der Waals surface area contributed by atoms with Gasteiger partial charge in [-0.1, -0.05) is 24.3 Å². The summed E-state index contributed by atoms with van der Waals surface area (Å²) in [6.45, 7) is 0.731. The fraction of sp³-hybridized carbons (Fsp3) is 0.467. The molecule has 1 aliphatic heterocycles. The number of imide groups is 1. The number of hydrogen-bond acceptors (Lipinski definition) is 3. The predicted molar refractivity (Wildman–Crippen MR) is 80.8 cm³/mol. The molecular formula is C15H21ClN2O2. The number of nitrogens with two attached hydrogens (primary N) is 1. The zero-order chi connectivity index (χ0) is 13.7. The molecule has 0 saturated carbocycles. The van der Waals surface area contributed by atoms with Crippen LogP contribution in [0.1, 0.15) is 42.7 Å². The molecular weight excluding hydrogens is 276 g/mol. The van der Waals surface area contributed by atoms with Gasteiger partial charge in [0, 0.05) is 6.42 Å². The number of aryl methyl sites for hydroxylation is 1. The van der Waals surface area contributed by atoms with Crippen molar-refractivity contribution in [3.8, 4) is 0 Å². The summed E-state index contributed by atoms with van der Waals surface area (Å²) < 4.78 is 0. The van der Waals surface area contributed by atoms with Crippen LogP contribution < -0.4 is 11.1 Å². The van der Waals surface area contributed by atoms with Crippen LogP contribution in [0, 0.1) is 0 Å². The lowest BCUT2D eigenvalue weighted by atomic mass is 9.90. The first kappa shape index (κ1) is 16.7. The lowest BCUT2D eigenvalue weighted by Gasteiger charge is -2.21. The summed E-state index contributed by atoms with van der Waals surface area (Å²) in [6.07, 6.45) is 4.18. The van der Waals surface area contributed by atoms with Crippen LogP contribution in [0.3, 0.4) is 0 Å². The van der Waals surface area contributed by atoms with E-state index in [0.717, 1.165) is 31.4 Å². The average Bonchev–Trinajstić information content (AvgIpc) is 2.40. The molecule has 0 bridgehead atoms. The van der Waals surface area contributed by atoms with Crippen LogP contribution >= 0.6 is 12.4 Å². The second-order valence-corrected chi connectivity index (χ2v) is 4.99. The fourth-order valence-corrected chi connectivity index (χ4v) is 2.40. The van der Waals surface area contributed by atoms with Crippen molar-refractivity contribution < 1.29 is 9.59 Å². The van der Waals surface area contributed by atoms with Crippen LogP contribution in [-0.2, 0) is 16.0 Å². The van der Waals surface area contributed by atoms with E-state index in [1.165, 1.54) is 5.56 Å². The number of halogens is 1. The summed E-state index contributed by atoms with van der Waals surface area (Å²) in [6, 6.07) is 8.13. The topological polar surface area (TPSA) is 72.2 Å². The standard InChI is InChI=1S/C15H20N2O2.ClH/c16-10-2-1-3-11-4-6-12(7-5-11)13-8-9-14(18)17-15(13)19;/h4-7,13H,1-3,8-10,16H2,(H,17,18,19);1H. The predicted octanol–water partition coefficient (Wildman–Crippen LogP) is 1.91. The number of benzene rings is 1. The van der Waals surface area contributed by atoms with E-state index >= 15 is 0 Å². The van der Waals surface area contributed by atoms with Gasteiger partial charge < -0.3 is 5.73 Å². The summed E-state index contributed by atoms with van der Waals surface area (Å²) in [4.78, 5) is 22.9. The molecule has 1 saturated heterocycles. The first-order chi connectivity index (χ1) is 9.20. The molecule has 0 aliphatic carbocycles. The van der Waals surface area contributed by atoms with Crippen molar-refractivity contribution in [2.75, 3.05) is 6.54 Å². The van der Waals surface area contributed by atoms with E-state index in [2.05, 4.69) is 17.4 Å². The SMILES string of the molecule is Cl.NCCCCc1ccc(C2CCC(=O)NC2=O)cc1. The quantitative estimate of drug-likeness (QED) is 0.644. The molecule has 3 N–H and O–H groups in total. The van der Waals surface area contributed by atoms with E-state index in [1.54, 1.807) is 0 Å². The van der Waals surface area contributed by atoms with Crippen molar-refractivity contribution in [1.29, 1.82) is 0 Å². The Morgan fingerprint density at radius 1 is 1.15 bits per heavy atom. The molecule has 4 nitrogen and oxygen atoms in total. The molecule has 2 rings (SSSR count). The highest BCUT2D eigenvalue weighted by molar-refractivity contribution is 6.00. The summed E-state index contributed by atoms with van der Waals surface area (Å²) in [5, 5.41) is 2.39. The highest BCUT2D eigenvalue weighted by Gasteiger charge is 2.27. The van der Waals surface area contributed by atoms with E-state index in [4.69, 9.17) is 5.73 Å². The van der Waals surface area contributed by atoms with Crippen molar-refractivity contribution in [2.45, 2.75) is 38.0 Å². The molecule has 1 fully saturated rings. The van der Waals surface area contributed by atoms with Gasteiger partial charge in [-0.3, -0.25) is 14.9 Å². The molecule has 1 aromatic rings. The normalized spacial score (nSPS) is 18.4. The summed E-state index contributed by atoms with van der Waals surface area (Å²) in [5.41, 5.74) is 7.73. The van der Waals surface area contributed by atoms with Crippen molar-refractivity contribution in [3.63, 3.8) is 0 Å². The highest BCUT2D eigenvalue weighted by Crippen LogP contribution is 2.25. The fourth-order valence-electron chi connectivity index (χ4n) is 2.40. The maximum atomic E-state index is 11.8. The van der Waals surface area contributed by atoms with Gasteiger partial charge in [0.05, 0.1) is 5.92 Å². The number of hydrogen-bond donors (Lipinski definition) is 2. The molecule has 0 spiro atoms. The zero-order valence-corrected chi connectivity index (χ0v) is 12.2. The summed E-state index contributed by atoms with van der Waals surface area (Å²) >= 11 is 0. The first-order valence-corrected chi connectivity index (χ1v) is 6.83. The monoisotopic (exact) mass is 296 g/mol. The van der Waals surface area contributed by atoms with E-state index < -0.39 is 0 Å². The van der Waals surface area contributed by atoms with Gasteiger partial charge in [-0.25, -0.2) is 0 Å². The van der Waals surface area contributed by atoms with Crippen molar-refractivity contribution in [1.82, 2.24) is 5.32 Å². The number of unbranched alkanes of at least 4 members (excludes halogenated alkanes) is 1. The van der Waals surface area contributed by atoms with Crippen LogP contribution in [0.2, 0.25) is 0 Å². The minimum atomic E-state index is -0.184. The molecule has 1 atom stereocenters. The lowest BCUT2D eigenvalue weighted by Crippen LogP contribution is -2.39. The van der Waals surface area contributed by atoms with Crippen LogP contribution in [-0.4, -0.2) is 18.4 Å². The molecule has 0 aromatic heterocycles. The molecule has 0 radical (unpaired) electrons. The van der Waals surface area contributed by atoms with Crippen molar-refractivity contribution in [3.05, 3.63) is 35.4 Å². The molecule has 2 amide bonds. The Hall–Kier alpha value is -1.39. The third-order valence-electron chi connectivity index (χ3n) is 3.54. The van der Waals surface area contributed by atoms with Gasteiger partial charge in [0.15, 0.2) is 0 Å². The Bertz CT molecular complexity index is 459. The number of amides is 2. The average molecular weight is 297 g/mol.